The number of nitrogens with zero attached hydrogens (tertiary/aromatic N) is 1. The highest BCUT2D eigenvalue weighted by Gasteiger charge is 2.25. The van der Waals surface area contributed by atoms with Crippen molar-refractivity contribution in [2.24, 2.45) is 0 Å². The van der Waals surface area contributed by atoms with Crippen molar-refractivity contribution in [3.63, 3.8) is 0 Å². The highest BCUT2D eigenvalue weighted by molar-refractivity contribution is 5.76. The minimum Gasteiger partial charge on any atom is -0.457 e. The van der Waals surface area contributed by atoms with E-state index in [0.717, 1.165) is 41.9 Å². The Bertz CT molecular complexity index is 919. The minimum absolute atomic E-state index is 0.0428. The second kappa shape index (κ2) is 8.56. The van der Waals surface area contributed by atoms with E-state index in [1.54, 1.807) is 6.33 Å². The minimum atomic E-state index is -0.0428. The maximum Gasteiger partial charge on any atom is 0.129 e. The number of rotatable bonds is 6. The topological polar surface area (TPSA) is 59.2 Å². The van der Waals surface area contributed by atoms with E-state index in [1.165, 1.54) is 18.4 Å². The largest absolute Gasteiger partial charge is 0.457 e. The molecule has 0 radical (unpaired) electrons. The third kappa shape index (κ3) is 5.58. The molecule has 0 bridgehead atoms. The van der Waals surface area contributed by atoms with Crippen LogP contribution in [0.1, 0.15) is 52.0 Å². The molecular weight excluding hydrogens is 362 g/mol. The van der Waals surface area contributed by atoms with E-state index in [2.05, 4.69) is 48.2 Å². The molecule has 0 aliphatic heterocycles. The molecule has 0 saturated heterocycles. The predicted octanol–water partition coefficient (Wildman–Crippen LogP) is 5.57. The average Bonchev–Trinajstić information content (AvgIpc) is 3.15. The van der Waals surface area contributed by atoms with Crippen molar-refractivity contribution in [1.29, 1.82) is 0 Å². The smallest absolute Gasteiger partial charge is 0.129 e. The molecule has 154 valence electrons. The lowest BCUT2D eigenvalue weighted by atomic mass is 9.92. The van der Waals surface area contributed by atoms with E-state index < -0.39 is 0 Å². The van der Waals surface area contributed by atoms with Gasteiger partial charge in [-0.3, -0.25) is 0 Å². The van der Waals surface area contributed by atoms with Crippen LogP contribution in [0.5, 0.6) is 11.5 Å². The molecule has 1 aliphatic carbocycles. The highest BCUT2D eigenvalue weighted by Crippen LogP contribution is 2.26. The summed E-state index contributed by atoms with van der Waals surface area (Å²) in [5.74, 6) is 1.65. The number of hydrogen-bond donors (Lipinski definition) is 2. The fourth-order valence-electron chi connectivity index (χ4n) is 3.94. The lowest BCUT2D eigenvalue weighted by Gasteiger charge is -2.33. The Morgan fingerprint density at radius 1 is 1.00 bits per heavy atom. The van der Waals surface area contributed by atoms with Gasteiger partial charge in [-0.1, -0.05) is 12.1 Å². The molecule has 0 atom stereocenters. The van der Waals surface area contributed by atoms with Crippen LogP contribution in [0, 0.1) is 0 Å². The van der Waals surface area contributed by atoms with Gasteiger partial charge in [0.1, 0.15) is 11.5 Å². The van der Waals surface area contributed by atoms with Gasteiger partial charge in [0, 0.05) is 18.7 Å². The van der Waals surface area contributed by atoms with Gasteiger partial charge in [-0.05, 0) is 76.3 Å². The summed E-state index contributed by atoms with van der Waals surface area (Å²) in [6.45, 7) is 7.30. The molecule has 2 aromatic carbocycles. The summed E-state index contributed by atoms with van der Waals surface area (Å²) in [5, 5.41) is 3.70. The SMILES string of the molecule is CC(C)(C)OC1CCC(NCc2ccc(Oc3ccc4nc[nH]c4c3)cc2)CC1. The fraction of sp³-hybridized carbons (Fsp3) is 0.458. The number of ether oxygens (including phenoxy) is 2. The standard InChI is InChI=1S/C24H31N3O2/c1-24(2,3)29-20-10-6-18(7-11-20)25-15-17-4-8-19(9-5-17)28-21-12-13-22-23(14-21)27-16-26-22/h4-5,8-9,12-14,16,18,20,25H,6-7,10-11,15H2,1-3H3,(H,26,27). The predicted molar refractivity (Wildman–Crippen MR) is 116 cm³/mol. The van der Waals surface area contributed by atoms with Crippen LogP contribution >= 0.6 is 0 Å². The molecule has 29 heavy (non-hydrogen) atoms. The van der Waals surface area contributed by atoms with E-state index >= 15 is 0 Å². The van der Waals surface area contributed by atoms with E-state index in [1.807, 2.05) is 30.3 Å². The van der Waals surface area contributed by atoms with E-state index in [-0.39, 0.29) is 5.60 Å². The van der Waals surface area contributed by atoms with Crippen molar-refractivity contribution in [3.8, 4) is 11.5 Å². The van der Waals surface area contributed by atoms with Gasteiger partial charge >= 0.3 is 0 Å². The van der Waals surface area contributed by atoms with Crippen molar-refractivity contribution in [2.75, 3.05) is 0 Å². The normalized spacial score (nSPS) is 20.1. The molecule has 1 saturated carbocycles. The highest BCUT2D eigenvalue weighted by atomic mass is 16.5. The van der Waals surface area contributed by atoms with Crippen molar-refractivity contribution in [2.45, 2.75) is 70.7 Å². The first-order chi connectivity index (χ1) is 13.9. The van der Waals surface area contributed by atoms with Gasteiger partial charge in [-0.2, -0.15) is 0 Å². The Labute approximate surface area is 172 Å². The van der Waals surface area contributed by atoms with E-state index in [4.69, 9.17) is 9.47 Å². The Kier molecular flexibility index (Phi) is 5.88. The van der Waals surface area contributed by atoms with Crippen LogP contribution in [-0.2, 0) is 11.3 Å². The summed E-state index contributed by atoms with van der Waals surface area (Å²) < 4.78 is 12.1. The van der Waals surface area contributed by atoms with Gasteiger partial charge in [-0.25, -0.2) is 4.98 Å². The number of aromatic amines is 1. The summed E-state index contributed by atoms with van der Waals surface area (Å²) in [5.41, 5.74) is 3.15. The van der Waals surface area contributed by atoms with Crippen LogP contribution in [0.3, 0.4) is 0 Å². The van der Waals surface area contributed by atoms with Crippen molar-refractivity contribution in [1.82, 2.24) is 15.3 Å². The number of fused-ring (bicyclic) bond motifs is 1. The van der Waals surface area contributed by atoms with E-state index in [0.29, 0.717) is 12.1 Å². The number of benzene rings is 2. The van der Waals surface area contributed by atoms with Crippen molar-refractivity contribution >= 4 is 11.0 Å². The lowest BCUT2D eigenvalue weighted by molar-refractivity contribution is -0.0759. The van der Waals surface area contributed by atoms with Crippen LogP contribution in [0.15, 0.2) is 48.8 Å². The summed E-state index contributed by atoms with van der Waals surface area (Å²) in [6.07, 6.45) is 6.74. The number of nitrogens with one attached hydrogen (secondary N) is 2. The maximum absolute atomic E-state index is 6.12. The molecule has 0 amide bonds. The third-order valence-corrected chi connectivity index (χ3v) is 5.34. The zero-order valence-electron chi connectivity index (χ0n) is 17.6. The molecular formula is C24H31N3O2. The molecule has 1 aromatic heterocycles. The zero-order chi connectivity index (χ0) is 20.3. The molecule has 1 aliphatic rings. The van der Waals surface area contributed by atoms with Crippen molar-refractivity contribution in [3.05, 3.63) is 54.4 Å². The van der Waals surface area contributed by atoms with Gasteiger partial charge in [0.05, 0.1) is 29.1 Å². The fourth-order valence-corrected chi connectivity index (χ4v) is 3.94. The maximum atomic E-state index is 6.12. The molecule has 0 unspecified atom stereocenters. The first-order valence-corrected chi connectivity index (χ1v) is 10.6. The van der Waals surface area contributed by atoms with Gasteiger partial charge in [-0.15, -0.1) is 0 Å². The van der Waals surface area contributed by atoms with E-state index in [9.17, 15) is 0 Å². The van der Waals surface area contributed by atoms with Crippen molar-refractivity contribution < 1.29 is 9.47 Å². The van der Waals surface area contributed by atoms with Crippen LogP contribution in [0.2, 0.25) is 0 Å². The molecule has 1 heterocycles. The van der Waals surface area contributed by atoms with Gasteiger partial charge in [0.25, 0.3) is 0 Å². The molecule has 5 heteroatoms. The molecule has 0 spiro atoms. The third-order valence-electron chi connectivity index (χ3n) is 5.34. The number of aromatic nitrogens is 2. The molecule has 1 fully saturated rings. The Hall–Kier alpha value is -2.37. The summed E-state index contributed by atoms with van der Waals surface area (Å²) >= 11 is 0. The molecule has 3 aromatic rings. The Balaban J connectivity index is 1.24. The average molecular weight is 394 g/mol. The van der Waals surface area contributed by atoms with Crippen LogP contribution in [-0.4, -0.2) is 27.7 Å². The Morgan fingerprint density at radius 3 is 2.45 bits per heavy atom. The van der Waals surface area contributed by atoms with Gasteiger partial charge < -0.3 is 19.8 Å². The first kappa shape index (κ1) is 19.9. The molecule has 2 N–H and O–H groups in total. The molecule has 5 nitrogen and oxygen atoms in total. The monoisotopic (exact) mass is 393 g/mol. The van der Waals surface area contributed by atoms with Gasteiger partial charge in [0.15, 0.2) is 0 Å². The second-order valence-electron chi connectivity index (χ2n) is 8.91. The quantitative estimate of drug-likeness (QED) is 0.575. The summed E-state index contributed by atoms with van der Waals surface area (Å²) in [7, 11) is 0. The number of hydrogen-bond acceptors (Lipinski definition) is 4. The Morgan fingerprint density at radius 2 is 1.72 bits per heavy atom. The lowest BCUT2D eigenvalue weighted by Crippen LogP contribution is -2.37. The van der Waals surface area contributed by atoms with Crippen LogP contribution in [0.4, 0.5) is 0 Å². The second-order valence-corrected chi connectivity index (χ2v) is 8.91. The number of imidazole rings is 1. The molecule has 4 rings (SSSR count). The van der Waals surface area contributed by atoms with Gasteiger partial charge in [0.2, 0.25) is 0 Å². The summed E-state index contributed by atoms with van der Waals surface area (Å²) in [4.78, 5) is 7.34. The van der Waals surface area contributed by atoms with Crippen LogP contribution < -0.4 is 10.1 Å². The zero-order valence-corrected chi connectivity index (χ0v) is 17.6. The first-order valence-electron chi connectivity index (χ1n) is 10.6. The van der Waals surface area contributed by atoms with Crippen LogP contribution in [0.25, 0.3) is 11.0 Å². The number of H-pyrrole nitrogens is 1. The summed E-state index contributed by atoms with van der Waals surface area (Å²) in [6, 6.07) is 14.8.